The topological polar surface area (TPSA) is 131 Å². The Morgan fingerprint density at radius 1 is 1.15 bits per heavy atom. The van der Waals surface area contributed by atoms with E-state index in [0.717, 1.165) is 31.4 Å². The van der Waals surface area contributed by atoms with Crippen molar-refractivity contribution in [2.24, 2.45) is 18.6 Å². The largest absolute Gasteiger partial charge is 0.573 e. The Balaban J connectivity index is 1.58. The average molecular weight is 574 g/mol. The summed E-state index contributed by atoms with van der Waals surface area (Å²) in [5, 5.41) is 8.16. The first-order valence-corrected chi connectivity index (χ1v) is 13.0. The first kappa shape index (κ1) is 29.7. The van der Waals surface area contributed by atoms with Crippen LogP contribution in [0.3, 0.4) is 0 Å². The number of ether oxygens (including phenoxy) is 1. The predicted octanol–water partition coefficient (Wildman–Crippen LogP) is 3.36. The summed E-state index contributed by atoms with van der Waals surface area (Å²) in [6.07, 6.45) is -0.325. The van der Waals surface area contributed by atoms with Gasteiger partial charge in [0.15, 0.2) is 0 Å². The van der Waals surface area contributed by atoms with Gasteiger partial charge in [-0.2, -0.15) is 5.10 Å². The highest BCUT2D eigenvalue weighted by Gasteiger charge is 2.32. The van der Waals surface area contributed by atoms with E-state index in [1.165, 1.54) is 23.5 Å². The van der Waals surface area contributed by atoms with Crippen LogP contribution in [0.5, 0.6) is 5.75 Å². The van der Waals surface area contributed by atoms with Crippen LogP contribution in [0.15, 0.2) is 42.9 Å². The number of nitrogens with two attached hydrogens (primary N) is 2. The number of hydrogen-bond donors (Lipinski definition) is 3. The van der Waals surface area contributed by atoms with Crippen molar-refractivity contribution < 1.29 is 22.7 Å². The van der Waals surface area contributed by atoms with E-state index in [9.17, 15) is 18.0 Å². The van der Waals surface area contributed by atoms with E-state index in [-0.39, 0.29) is 11.3 Å². The number of alkyl halides is 3. The van der Waals surface area contributed by atoms with Gasteiger partial charge >= 0.3 is 6.36 Å². The number of carbonyl (C=O) groups excluding carboxylic acids is 1. The van der Waals surface area contributed by atoms with Gasteiger partial charge in [-0.25, -0.2) is 5.84 Å². The van der Waals surface area contributed by atoms with E-state index in [4.69, 9.17) is 11.6 Å². The van der Waals surface area contributed by atoms with Crippen LogP contribution in [0.25, 0.3) is 5.70 Å². The van der Waals surface area contributed by atoms with Gasteiger partial charge in [-0.3, -0.25) is 19.5 Å². The molecule has 14 heteroatoms. The quantitative estimate of drug-likeness (QED) is 0.274. The van der Waals surface area contributed by atoms with Crippen molar-refractivity contribution in [3.05, 3.63) is 65.4 Å². The molecule has 3 aromatic rings. The maximum Gasteiger partial charge on any atom is 0.573 e. The number of hydrogen-bond acceptors (Lipinski definition) is 9. The van der Waals surface area contributed by atoms with Crippen molar-refractivity contribution in [3.63, 3.8) is 0 Å². The van der Waals surface area contributed by atoms with Gasteiger partial charge in [0.05, 0.1) is 35.2 Å². The highest BCUT2D eigenvalue weighted by molar-refractivity contribution is 6.05. The molecule has 0 aliphatic carbocycles. The van der Waals surface area contributed by atoms with Crippen LogP contribution in [0, 0.1) is 13.8 Å². The minimum Gasteiger partial charge on any atom is -0.406 e. The second-order valence-corrected chi connectivity index (χ2v) is 9.73. The minimum atomic E-state index is -4.91. The first-order valence-electron chi connectivity index (χ1n) is 13.0. The molecule has 0 bridgehead atoms. The average Bonchev–Trinajstić information content (AvgIpc) is 3.26. The van der Waals surface area contributed by atoms with Gasteiger partial charge in [0.1, 0.15) is 5.75 Å². The van der Waals surface area contributed by atoms with E-state index >= 15 is 0 Å². The molecule has 3 heterocycles. The third-order valence-electron chi connectivity index (χ3n) is 6.99. The van der Waals surface area contributed by atoms with Gasteiger partial charge in [-0.15, -0.1) is 13.2 Å². The number of rotatable bonds is 8. The van der Waals surface area contributed by atoms with E-state index in [0.29, 0.717) is 41.4 Å². The van der Waals surface area contributed by atoms with Gasteiger partial charge < -0.3 is 25.6 Å². The second kappa shape index (κ2) is 12.1. The van der Waals surface area contributed by atoms with Crippen molar-refractivity contribution >= 4 is 28.7 Å². The van der Waals surface area contributed by atoms with E-state index in [1.807, 2.05) is 11.8 Å². The lowest BCUT2D eigenvalue weighted by Gasteiger charge is -2.35. The molecule has 1 aliphatic rings. The maximum atomic E-state index is 13.2. The number of hydrazine groups is 1. The molecule has 0 spiro atoms. The Labute approximate surface area is 236 Å². The third-order valence-corrected chi connectivity index (χ3v) is 6.99. The molecule has 41 heavy (non-hydrogen) atoms. The van der Waals surface area contributed by atoms with Crippen LogP contribution in [0.4, 0.5) is 30.2 Å². The normalized spacial score (nSPS) is 14.7. The number of nitrogens with one attached hydrogen (secondary N) is 1. The van der Waals surface area contributed by atoms with Crippen LogP contribution in [-0.4, -0.2) is 64.7 Å². The number of likely N-dealkylation sites (N-methyl/N-ethyl adjacent to an activating group) is 1. The van der Waals surface area contributed by atoms with Gasteiger partial charge in [-0.05, 0) is 38.6 Å². The number of anilines is 3. The molecule has 1 saturated heterocycles. The predicted molar refractivity (Wildman–Crippen MR) is 151 cm³/mol. The molecule has 0 unspecified atom stereocenters. The first-order chi connectivity index (χ1) is 19.3. The van der Waals surface area contributed by atoms with Gasteiger partial charge in [0.2, 0.25) is 0 Å². The van der Waals surface area contributed by atoms with Crippen LogP contribution in [0.2, 0.25) is 0 Å². The SMILES string of the molecule is CCN1CCN(c2cc(OC(F)(F)F)cc(C(=O)Nc3cnc(C)c(N(N)/C=C(\N)c4cnn(C)c4C)c3)c2)CC1. The number of benzene rings is 1. The maximum absolute atomic E-state index is 13.2. The fraction of sp³-hybridized carbons (Fsp3) is 0.370. The smallest absolute Gasteiger partial charge is 0.406 e. The van der Waals surface area contributed by atoms with Crippen LogP contribution >= 0.6 is 0 Å². The lowest BCUT2D eigenvalue weighted by molar-refractivity contribution is -0.274. The van der Waals surface area contributed by atoms with Crippen molar-refractivity contribution in [2.75, 3.05) is 47.9 Å². The zero-order chi connectivity index (χ0) is 29.9. The summed E-state index contributed by atoms with van der Waals surface area (Å²) >= 11 is 0. The van der Waals surface area contributed by atoms with Gasteiger partial charge in [0.25, 0.3) is 5.91 Å². The number of halogens is 3. The number of carbonyl (C=O) groups is 1. The molecule has 0 radical (unpaired) electrons. The van der Waals surface area contributed by atoms with Gasteiger partial charge in [-0.1, -0.05) is 6.92 Å². The lowest BCUT2D eigenvalue weighted by Crippen LogP contribution is -2.46. The number of pyridine rings is 1. The highest BCUT2D eigenvalue weighted by atomic mass is 19.4. The monoisotopic (exact) mass is 573 g/mol. The summed E-state index contributed by atoms with van der Waals surface area (Å²) in [5.41, 5.74) is 9.96. The van der Waals surface area contributed by atoms with Crippen molar-refractivity contribution in [1.29, 1.82) is 0 Å². The Morgan fingerprint density at radius 3 is 2.46 bits per heavy atom. The summed E-state index contributed by atoms with van der Waals surface area (Å²) in [4.78, 5) is 21.7. The molecule has 5 N–H and O–H groups in total. The number of nitrogens with zero attached hydrogens (tertiary/aromatic N) is 6. The molecule has 1 fully saturated rings. The summed E-state index contributed by atoms with van der Waals surface area (Å²) in [6, 6.07) is 5.51. The lowest BCUT2D eigenvalue weighted by atomic mass is 10.1. The molecule has 0 saturated carbocycles. The molecule has 11 nitrogen and oxygen atoms in total. The summed E-state index contributed by atoms with van der Waals surface area (Å²) in [5.74, 6) is 5.16. The zero-order valence-corrected chi connectivity index (χ0v) is 23.4. The van der Waals surface area contributed by atoms with E-state index < -0.39 is 18.0 Å². The second-order valence-electron chi connectivity index (χ2n) is 9.73. The van der Waals surface area contributed by atoms with Crippen LogP contribution < -0.4 is 31.5 Å². The molecule has 220 valence electrons. The zero-order valence-electron chi connectivity index (χ0n) is 23.4. The van der Waals surface area contributed by atoms with Gasteiger partial charge in [0, 0.05) is 68.0 Å². The van der Waals surface area contributed by atoms with Crippen molar-refractivity contribution in [1.82, 2.24) is 19.7 Å². The number of amides is 1. The molecule has 1 aromatic carbocycles. The molecule has 1 aliphatic heterocycles. The summed E-state index contributed by atoms with van der Waals surface area (Å²) < 4.78 is 45.1. The molecular formula is C27H34F3N9O2. The highest BCUT2D eigenvalue weighted by Crippen LogP contribution is 2.30. The van der Waals surface area contributed by atoms with E-state index in [2.05, 4.69) is 32.0 Å². The summed E-state index contributed by atoms with van der Waals surface area (Å²) in [6.45, 7) is 9.29. The fourth-order valence-electron chi connectivity index (χ4n) is 4.54. The van der Waals surface area contributed by atoms with E-state index in [1.54, 1.807) is 37.0 Å². The van der Waals surface area contributed by atoms with Crippen LogP contribution in [-0.2, 0) is 7.05 Å². The molecule has 0 atom stereocenters. The van der Waals surface area contributed by atoms with Crippen molar-refractivity contribution in [3.8, 4) is 5.75 Å². The minimum absolute atomic E-state index is 0.00240. The molecular weight excluding hydrogens is 539 g/mol. The number of aryl methyl sites for hydroxylation is 2. The number of aromatic nitrogens is 3. The molecule has 1 amide bonds. The summed E-state index contributed by atoms with van der Waals surface area (Å²) in [7, 11) is 1.80. The molecule has 2 aromatic heterocycles. The molecule has 4 rings (SSSR count). The Morgan fingerprint density at radius 2 is 1.85 bits per heavy atom. The van der Waals surface area contributed by atoms with Crippen molar-refractivity contribution in [2.45, 2.75) is 27.1 Å². The standard InChI is InChI=1S/C27H34F3N9O2/c1-5-37-6-8-38(9-7-37)21-10-19(11-22(13-21)41-27(28,29)30)26(40)35-20-12-25(17(2)33-14-20)39(32)16-24(31)23-15-34-36(4)18(23)3/h10-16H,5-9,31-32H2,1-4H3,(H,35,40)/b24-16-. The Bertz CT molecular complexity index is 1430. The van der Waals surface area contributed by atoms with Crippen LogP contribution in [0.1, 0.15) is 34.2 Å². The Hall–Kier alpha value is -4.30. The fourth-order valence-corrected chi connectivity index (χ4v) is 4.54. The Kier molecular flexibility index (Phi) is 8.73. The third kappa shape index (κ3) is 7.27. The number of piperazine rings is 1.